The number of benzene rings is 1. The Labute approximate surface area is 126 Å². The zero-order valence-corrected chi connectivity index (χ0v) is 11.9. The van der Waals surface area contributed by atoms with Gasteiger partial charge in [0.15, 0.2) is 11.6 Å². The lowest BCUT2D eigenvalue weighted by atomic mass is 10.1. The summed E-state index contributed by atoms with van der Waals surface area (Å²) in [5, 5.41) is 0. The van der Waals surface area contributed by atoms with E-state index in [0.717, 1.165) is 0 Å². The van der Waals surface area contributed by atoms with Crippen LogP contribution in [-0.2, 0) is 4.74 Å². The smallest absolute Gasteiger partial charge is 0.337 e. The van der Waals surface area contributed by atoms with Crippen molar-refractivity contribution < 1.29 is 23.4 Å². The van der Waals surface area contributed by atoms with Crippen LogP contribution in [0.15, 0.2) is 30.3 Å². The molecule has 1 aliphatic rings. The van der Waals surface area contributed by atoms with E-state index < -0.39 is 11.8 Å². The van der Waals surface area contributed by atoms with Crippen LogP contribution < -0.4 is 9.47 Å². The molecule has 22 heavy (non-hydrogen) atoms. The van der Waals surface area contributed by atoms with E-state index in [0.29, 0.717) is 16.9 Å². The van der Waals surface area contributed by atoms with Crippen LogP contribution in [0.3, 0.4) is 0 Å². The molecule has 0 fully saturated rings. The van der Waals surface area contributed by atoms with Crippen LogP contribution in [0.25, 0.3) is 11.9 Å². The molecule has 5 nitrogen and oxygen atoms in total. The molecule has 0 unspecified atom stereocenters. The highest BCUT2D eigenvalue weighted by Crippen LogP contribution is 2.38. The molecule has 0 aliphatic carbocycles. The van der Waals surface area contributed by atoms with Gasteiger partial charge >= 0.3 is 5.97 Å². The Bertz CT molecular complexity index is 786. The summed E-state index contributed by atoms with van der Waals surface area (Å²) in [6, 6.07) is 7.77. The van der Waals surface area contributed by atoms with E-state index in [4.69, 9.17) is 9.47 Å². The van der Waals surface area contributed by atoms with Crippen LogP contribution in [0.1, 0.15) is 21.6 Å². The minimum Gasteiger partial charge on any atom is -0.481 e. The second-order valence-electron chi connectivity index (χ2n) is 4.54. The van der Waals surface area contributed by atoms with Gasteiger partial charge in [-0.2, -0.15) is 0 Å². The molecule has 1 aliphatic heterocycles. The zero-order valence-electron chi connectivity index (χ0n) is 11.9. The predicted octanol–water partition coefficient (Wildman–Crippen LogP) is 3.45. The van der Waals surface area contributed by atoms with E-state index in [-0.39, 0.29) is 17.3 Å². The predicted molar refractivity (Wildman–Crippen MR) is 77.6 cm³/mol. The fourth-order valence-corrected chi connectivity index (χ4v) is 2.11. The summed E-state index contributed by atoms with van der Waals surface area (Å²) in [4.78, 5) is 15.6. The molecule has 112 valence electrons. The van der Waals surface area contributed by atoms with Gasteiger partial charge in [-0.25, -0.2) is 14.2 Å². The molecule has 0 saturated carbocycles. The molecule has 0 radical (unpaired) electrons. The lowest BCUT2D eigenvalue weighted by Crippen LogP contribution is -2.01. The fourth-order valence-electron chi connectivity index (χ4n) is 2.11. The summed E-state index contributed by atoms with van der Waals surface area (Å²) in [5.74, 6) is -0.155. The van der Waals surface area contributed by atoms with Gasteiger partial charge in [0.1, 0.15) is 11.4 Å². The molecule has 2 heterocycles. The number of hydrogen-bond donors (Lipinski definition) is 0. The van der Waals surface area contributed by atoms with Crippen LogP contribution in [0, 0.1) is 0 Å². The van der Waals surface area contributed by atoms with Gasteiger partial charge in [0.25, 0.3) is 0 Å². The first-order valence-corrected chi connectivity index (χ1v) is 6.45. The standard InChI is InChI=1S/C16H12FNO4/c1-20-14-6-5-12-15(18-14)11(17)7-9-3-4-10(16(19)21-2)8-13(9)22-12/h3-8H,1-2H3. The Morgan fingerprint density at radius 3 is 2.73 bits per heavy atom. The summed E-state index contributed by atoms with van der Waals surface area (Å²) in [6.07, 6.45) is 1.30. The average molecular weight is 301 g/mol. The van der Waals surface area contributed by atoms with Crippen molar-refractivity contribution in [1.29, 1.82) is 0 Å². The van der Waals surface area contributed by atoms with Crippen LogP contribution in [0.5, 0.6) is 17.4 Å². The lowest BCUT2D eigenvalue weighted by Gasteiger charge is -2.10. The molecule has 1 aromatic heterocycles. The average Bonchev–Trinajstić information content (AvgIpc) is 2.68. The van der Waals surface area contributed by atoms with Gasteiger partial charge in [0.05, 0.1) is 19.8 Å². The summed E-state index contributed by atoms with van der Waals surface area (Å²) in [7, 11) is 2.74. The van der Waals surface area contributed by atoms with Crippen molar-refractivity contribution in [3.8, 4) is 17.4 Å². The Balaban J connectivity index is 2.11. The number of aromatic nitrogens is 1. The number of methoxy groups -OCH3 is 2. The number of carbonyl (C=O) groups is 1. The highest BCUT2D eigenvalue weighted by Gasteiger charge is 2.20. The van der Waals surface area contributed by atoms with Gasteiger partial charge in [0, 0.05) is 11.6 Å². The molecule has 0 saturated heterocycles. The summed E-state index contributed by atoms with van der Waals surface area (Å²) in [5.41, 5.74) is 0.872. The normalized spacial score (nSPS) is 12.2. The minimum absolute atomic E-state index is 0.0511. The first-order chi connectivity index (χ1) is 10.6. The summed E-state index contributed by atoms with van der Waals surface area (Å²) < 4.78 is 29.7. The quantitative estimate of drug-likeness (QED) is 0.795. The number of rotatable bonds is 2. The van der Waals surface area contributed by atoms with Gasteiger partial charge in [-0.1, -0.05) is 6.07 Å². The Kier molecular flexibility index (Phi) is 3.50. The molecule has 0 bridgehead atoms. The monoisotopic (exact) mass is 301 g/mol. The van der Waals surface area contributed by atoms with E-state index in [2.05, 4.69) is 9.72 Å². The molecule has 1 aromatic carbocycles. The van der Waals surface area contributed by atoms with Crippen LogP contribution >= 0.6 is 0 Å². The molecule has 0 N–H and O–H groups in total. The van der Waals surface area contributed by atoms with E-state index in [1.165, 1.54) is 26.4 Å². The number of ether oxygens (including phenoxy) is 3. The van der Waals surface area contributed by atoms with Crippen LogP contribution in [0.4, 0.5) is 4.39 Å². The van der Waals surface area contributed by atoms with Gasteiger partial charge < -0.3 is 14.2 Å². The van der Waals surface area contributed by atoms with E-state index in [1.54, 1.807) is 24.3 Å². The lowest BCUT2D eigenvalue weighted by molar-refractivity contribution is 0.0600. The molecule has 2 aromatic rings. The first kappa shape index (κ1) is 14.1. The summed E-state index contributed by atoms with van der Waals surface area (Å²) >= 11 is 0. The summed E-state index contributed by atoms with van der Waals surface area (Å²) in [6.45, 7) is 0. The maximum Gasteiger partial charge on any atom is 0.337 e. The maximum atomic E-state index is 14.3. The van der Waals surface area contributed by atoms with Gasteiger partial charge in [-0.15, -0.1) is 0 Å². The van der Waals surface area contributed by atoms with Crippen molar-refractivity contribution >= 4 is 17.9 Å². The second-order valence-corrected chi connectivity index (χ2v) is 4.54. The molecule has 0 atom stereocenters. The van der Waals surface area contributed by atoms with Crippen molar-refractivity contribution in [2.75, 3.05) is 14.2 Å². The maximum absolute atomic E-state index is 14.3. The number of nitrogens with zero attached hydrogens (tertiary/aromatic N) is 1. The minimum atomic E-state index is -0.543. The van der Waals surface area contributed by atoms with E-state index in [1.807, 2.05) is 0 Å². The molecule has 6 heteroatoms. The van der Waals surface area contributed by atoms with Gasteiger partial charge in [-0.05, 0) is 24.3 Å². The second kappa shape index (κ2) is 5.48. The number of fused-ring (bicyclic) bond motifs is 2. The van der Waals surface area contributed by atoms with E-state index in [9.17, 15) is 9.18 Å². The van der Waals surface area contributed by atoms with Crippen molar-refractivity contribution in [2.24, 2.45) is 0 Å². The Morgan fingerprint density at radius 2 is 2.00 bits per heavy atom. The molecular weight excluding hydrogens is 289 g/mol. The molecular formula is C16H12FNO4. The third-order valence-electron chi connectivity index (χ3n) is 3.20. The fraction of sp³-hybridized carbons (Fsp3) is 0.125. The molecule has 0 spiro atoms. The first-order valence-electron chi connectivity index (χ1n) is 6.45. The van der Waals surface area contributed by atoms with Crippen LogP contribution in [-0.4, -0.2) is 25.2 Å². The number of hydrogen-bond acceptors (Lipinski definition) is 5. The number of pyridine rings is 1. The van der Waals surface area contributed by atoms with Crippen molar-refractivity contribution in [3.05, 3.63) is 47.2 Å². The van der Waals surface area contributed by atoms with E-state index >= 15 is 0 Å². The number of esters is 1. The van der Waals surface area contributed by atoms with Gasteiger partial charge in [-0.3, -0.25) is 0 Å². The SMILES string of the molecule is COC(=O)c1ccc2c(c1)Oc1ccc(OC)nc1C(F)=C2. The third-order valence-corrected chi connectivity index (χ3v) is 3.20. The third kappa shape index (κ3) is 2.39. The molecule has 0 amide bonds. The molecule has 3 rings (SSSR count). The van der Waals surface area contributed by atoms with Crippen molar-refractivity contribution in [2.45, 2.75) is 0 Å². The zero-order chi connectivity index (χ0) is 15.7. The van der Waals surface area contributed by atoms with Gasteiger partial charge in [0.2, 0.25) is 5.88 Å². The van der Waals surface area contributed by atoms with Crippen LogP contribution in [0.2, 0.25) is 0 Å². The largest absolute Gasteiger partial charge is 0.481 e. The van der Waals surface area contributed by atoms with Crippen molar-refractivity contribution in [1.82, 2.24) is 4.98 Å². The highest BCUT2D eigenvalue weighted by molar-refractivity contribution is 5.91. The highest BCUT2D eigenvalue weighted by atomic mass is 19.1. The Hall–Kier alpha value is -2.89. The number of carbonyl (C=O) groups excluding carboxylic acids is 1. The number of halogens is 1. The Morgan fingerprint density at radius 1 is 1.18 bits per heavy atom. The topological polar surface area (TPSA) is 57.7 Å². The van der Waals surface area contributed by atoms with Crippen molar-refractivity contribution in [3.63, 3.8) is 0 Å².